The molecule has 0 fully saturated rings. The van der Waals surface area contributed by atoms with Gasteiger partial charge in [-0.15, -0.1) is 0 Å². The highest BCUT2D eigenvalue weighted by atomic mass is 32.2. The highest BCUT2D eigenvalue weighted by molar-refractivity contribution is 7.89. The van der Waals surface area contributed by atoms with Crippen LogP contribution in [-0.4, -0.2) is 38.8 Å². The van der Waals surface area contributed by atoms with E-state index in [-0.39, 0.29) is 22.3 Å². The van der Waals surface area contributed by atoms with E-state index in [1.165, 1.54) is 31.5 Å². The standard InChI is InChI=1S/C19H23N3O5S/c1-13(2)18(22-28(25,26)15-7-5-4-6-8-15)19(24)21-20-12-14-9-10-16(23)17(11-14)27-3/h4-13,18,22-23H,1-3H3,(H,21,24)/b20-12+. The third-order valence-electron chi connectivity index (χ3n) is 3.88. The van der Waals surface area contributed by atoms with Gasteiger partial charge in [0, 0.05) is 0 Å². The number of rotatable bonds is 8. The van der Waals surface area contributed by atoms with Crippen molar-refractivity contribution in [2.45, 2.75) is 24.8 Å². The highest BCUT2D eigenvalue weighted by Gasteiger charge is 2.28. The van der Waals surface area contributed by atoms with Crippen LogP contribution >= 0.6 is 0 Å². The van der Waals surface area contributed by atoms with Gasteiger partial charge in [0.25, 0.3) is 5.91 Å². The molecule has 0 saturated heterocycles. The van der Waals surface area contributed by atoms with Gasteiger partial charge in [-0.25, -0.2) is 13.8 Å². The fourth-order valence-electron chi connectivity index (χ4n) is 2.34. The predicted molar refractivity (Wildman–Crippen MR) is 106 cm³/mol. The first kappa shape index (κ1) is 21.4. The first-order chi connectivity index (χ1) is 13.2. The van der Waals surface area contributed by atoms with Gasteiger partial charge in [0.2, 0.25) is 10.0 Å². The van der Waals surface area contributed by atoms with Crippen molar-refractivity contribution >= 4 is 22.1 Å². The van der Waals surface area contributed by atoms with E-state index in [0.717, 1.165) is 0 Å². The summed E-state index contributed by atoms with van der Waals surface area (Å²) in [6.45, 7) is 3.46. The second kappa shape index (κ2) is 9.34. The summed E-state index contributed by atoms with van der Waals surface area (Å²) in [7, 11) is -2.43. The number of hydrogen-bond donors (Lipinski definition) is 3. The molecule has 0 aliphatic heterocycles. The molecule has 8 nitrogen and oxygen atoms in total. The molecule has 0 aliphatic carbocycles. The van der Waals surface area contributed by atoms with Gasteiger partial charge < -0.3 is 9.84 Å². The molecule has 2 rings (SSSR count). The number of carbonyl (C=O) groups excluding carboxylic acids is 1. The number of nitrogens with zero attached hydrogens (tertiary/aromatic N) is 1. The number of benzene rings is 2. The summed E-state index contributed by atoms with van der Waals surface area (Å²) in [4.78, 5) is 12.5. The van der Waals surface area contributed by atoms with Crippen molar-refractivity contribution in [2.75, 3.05) is 7.11 Å². The van der Waals surface area contributed by atoms with E-state index in [2.05, 4.69) is 15.2 Å². The molecule has 2 aromatic carbocycles. The SMILES string of the molecule is COc1cc(/C=N/NC(=O)C(NS(=O)(=O)c2ccccc2)C(C)C)ccc1O. The minimum absolute atomic E-state index is 0.0149. The molecule has 0 aromatic heterocycles. The van der Waals surface area contributed by atoms with Gasteiger partial charge in [0.05, 0.1) is 18.2 Å². The number of amides is 1. The molecule has 28 heavy (non-hydrogen) atoms. The van der Waals surface area contributed by atoms with Gasteiger partial charge >= 0.3 is 0 Å². The molecule has 0 saturated carbocycles. The Morgan fingerprint density at radius 2 is 1.86 bits per heavy atom. The van der Waals surface area contributed by atoms with Gasteiger partial charge in [-0.3, -0.25) is 4.79 Å². The number of hydrogen-bond acceptors (Lipinski definition) is 6. The van der Waals surface area contributed by atoms with E-state index in [0.29, 0.717) is 5.56 Å². The lowest BCUT2D eigenvalue weighted by Gasteiger charge is -2.20. The summed E-state index contributed by atoms with van der Waals surface area (Å²) in [5.41, 5.74) is 2.92. The molecule has 2 aromatic rings. The number of sulfonamides is 1. The Morgan fingerprint density at radius 3 is 2.46 bits per heavy atom. The van der Waals surface area contributed by atoms with Crippen LogP contribution in [0.5, 0.6) is 11.5 Å². The molecule has 0 radical (unpaired) electrons. The van der Waals surface area contributed by atoms with Crippen molar-refractivity contribution in [3.8, 4) is 11.5 Å². The average molecular weight is 405 g/mol. The topological polar surface area (TPSA) is 117 Å². The van der Waals surface area contributed by atoms with E-state index in [9.17, 15) is 18.3 Å². The zero-order valence-electron chi connectivity index (χ0n) is 15.8. The van der Waals surface area contributed by atoms with Crippen LogP contribution in [0.1, 0.15) is 19.4 Å². The largest absolute Gasteiger partial charge is 0.504 e. The summed E-state index contributed by atoms with van der Waals surface area (Å²) in [5, 5.41) is 13.4. The predicted octanol–water partition coefficient (Wildman–Crippen LogP) is 1.85. The number of aromatic hydroxyl groups is 1. The summed E-state index contributed by atoms with van der Waals surface area (Å²) >= 11 is 0. The fourth-order valence-corrected chi connectivity index (χ4v) is 3.71. The van der Waals surface area contributed by atoms with Crippen molar-refractivity contribution in [3.05, 3.63) is 54.1 Å². The van der Waals surface area contributed by atoms with Gasteiger partial charge in [-0.05, 0) is 41.8 Å². The van der Waals surface area contributed by atoms with Crippen LogP contribution in [0.2, 0.25) is 0 Å². The maximum absolute atomic E-state index is 12.5. The summed E-state index contributed by atoms with van der Waals surface area (Å²) < 4.78 is 32.4. The minimum atomic E-state index is -3.85. The number of nitrogens with one attached hydrogen (secondary N) is 2. The zero-order chi connectivity index (χ0) is 20.7. The van der Waals surface area contributed by atoms with Gasteiger partial charge in [0.15, 0.2) is 11.5 Å². The van der Waals surface area contributed by atoms with Crippen molar-refractivity contribution in [1.29, 1.82) is 0 Å². The van der Waals surface area contributed by atoms with Crippen LogP contribution in [0, 0.1) is 5.92 Å². The Balaban J connectivity index is 2.09. The summed E-state index contributed by atoms with van der Waals surface area (Å²) in [6.07, 6.45) is 1.36. The number of ether oxygens (including phenoxy) is 1. The lowest BCUT2D eigenvalue weighted by Crippen LogP contribution is -2.48. The van der Waals surface area contributed by atoms with Gasteiger partial charge in [0.1, 0.15) is 6.04 Å². The molecule has 9 heteroatoms. The van der Waals surface area contributed by atoms with E-state index < -0.39 is 22.0 Å². The summed E-state index contributed by atoms with van der Waals surface area (Å²) in [5.74, 6) is -0.635. The Morgan fingerprint density at radius 1 is 1.18 bits per heavy atom. The number of hydrazone groups is 1. The molecular formula is C19H23N3O5S. The molecule has 0 heterocycles. The van der Waals surface area contributed by atoms with Gasteiger partial charge in [-0.2, -0.15) is 9.82 Å². The number of methoxy groups -OCH3 is 1. The lowest BCUT2D eigenvalue weighted by atomic mass is 10.1. The van der Waals surface area contributed by atoms with E-state index in [1.807, 2.05) is 0 Å². The Kier molecular flexibility index (Phi) is 7.13. The van der Waals surface area contributed by atoms with Gasteiger partial charge in [-0.1, -0.05) is 32.0 Å². The first-order valence-electron chi connectivity index (χ1n) is 8.52. The van der Waals surface area contributed by atoms with Crippen LogP contribution in [-0.2, 0) is 14.8 Å². The second-order valence-electron chi connectivity index (χ2n) is 6.32. The first-order valence-corrected chi connectivity index (χ1v) is 10.00. The maximum atomic E-state index is 12.5. The maximum Gasteiger partial charge on any atom is 0.258 e. The molecule has 0 bridgehead atoms. The highest BCUT2D eigenvalue weighted by Crippen LogP contribution is 2.25. The van der Waals surface area contributed by atoms with Crippen molar-refractivity contribution in [1.82, 2.24) is 10.1 Å². The number of phenolic OH excluding ortho intramolecular Hbond substituents is 1. The minimum Gasteiger partial charge on any atom is -0.504 e. The second-order valence-corrected chi connectivity index (χ2v) is 8.04. The van der Waals surface area contributed by atoms with Crippen LogP contribution in [0.4, 0.5) is 0 Å². The molecule has 0 spiro atoms. The number of carbonyl (C=O) groups is 1. The zero-order valence-corrected chi connectivity index (χ0v) is 16.6. The fraction of sp³-hybridized carbons (Fsp3) is 0.263. The molecule has 0 aliphatic rings. The van der Waals surface area contributed by atoms with Crippen LogP contribution in [0.15, 0.2) is 58.5 Å². The van der Waals surface area contributed by atoms with Crippen LogP contribution in [0.25, 0.3) is 0 Å². The monoisotopic (exact) mass is 405 g/mol. The van der Waals surface area contributed by atoms with Crippen LogP contribution < -0.4 is 14.9 Å². The number of phenols is 1. The van der Waals surface area contributed by atoms with Crippen molar-refractivity contribution in [2.24, 2.45) is 11.0 Å². The molecular weight excluding hydrogens is 382 g/mol. The molecule has 3 N–H and O–H groups in total. The lowest BCUT2D eigenvalue weighted by molar-refractivity contribution is -0.123. The van der Waals surface area contributed by atoms with E-state index in [4.69, 9.17) is 4.74 Å². The third-order valence-corrected chi connectivity index (χ3v) is 5.33. The normalized spacial score (nSPS) is 12.9. The Bertz CT molecular complexity index is 943. The molecule has 150 valence electrons. The molecule has 1 unspecified atom stereocenters. The molecule has 1 amide bonds. The molecule has 1 atom stereocenters. The summed E-state index contributed by atoms with van der Waals surface area (Å²) in [6, 6.07) is 11.4. The Hall–Kier alpha value is -2.91. The quantitative estimate of drug-likeness (QED) is 0.458. The third kappa shape index (κ3) is 5.54. The smallest absolute Gasteiger partial charge is 0.258 e. The van der Waals surface area contributed by atoms with Crippen molar-refractivity contribution < 1.29 is 23.1 Å². The average Bonchev–Trinajstić information content (AvgIpc) is 2.67. The Labute approximate surface area is 164 Å². The van der Waals surface area contributed by atoms with Crippen molar-refractivity contribution in [3.63, 3.8) is 0 Å². The van der Waals surface area contributed by atoms with Crippen LogP contribution in [0.3, 0.4) is 0 Å². The van der Waals surface area contributed by atoms with E-state index in [1.54, 1.807) is 44.2 Å². The van der Waals surface area contributed by atoms with E-state index >= 15 is 0 Å².